The number of hydrogen-bond donors (Lipinski definition) is 1. The lowest BCUT2D eigenvalue weighted by molar-refractivity contribution is 0.220. The summed E-state index contributed by atoms with van der Waals surface area (Å²) in [6.45, 7) is 8.85. The molecule has 0 spiro atoms. The monoisotopic (exact) mass is 247 g/mol. The lowest BCUT2D eigenvalue weighted by Gasteiger charge is -2.33. The standard InChI is InChI=1S/C15H25N3/c1-5-12-10(2)13(16)18-14(17-12)11-6-8-15(3,4)9-7-11/h11H,5-9H2,1-4H3,(H2,16,17,18). The van der Waals surface area contributed by atoms with Gasteiger partial charge in [-0.3, -0.25) is 0 Å². The number of aromatic nitrogens is 2. The largest absolute Gasteiger partial charge is 0.383 e. The van der Waals surface area contributed by atoms with Crippen LogP contribution in [0, 0.1) is 12.3 Å². The molecular formula is C15H25N3. The number of hydrogen-bond acceptors (Lipinski definition) is 3. The summed E-state index contributed by atoms with van der Waals surface area (Å²) in [5.74, 6) is 2.15. The summed E-state index contributed by atoms with van der Waals surface area (Å²) in [4.78, 5) is 9.25. The summed E-state index contributed by atoms with van der Waals surface area (Å²) < 4.78 is 0. The Labute approximate surface area is 110 Å². The van der Waals surface area contributed by atoms with Crippen molar-refractivity contribution in [2.45, 2.75) is 65.7 Å². The predicted molar refractivity (Wildman–Crippen MR) is 75.5 cm³/mol. The number of nitrogen functional groups attached to an aromatic ring is 1. The first kappa shape index (κ1) is 13.3. The van der Waals surface area contributed by atoms with Crippen molar-refractivity contribution in [1.29, 1.82) is 0 Å². The van der Waals surface area contributed by atoms with Gasteiger partial charge in [-0.25, -0.2) is 9.97 Å². The Balaban J connectivity index is 2.22. The summed E-state index contributed by atoms with van der Waals surface area (Å²) in [7, 11) is 0. The van der Waals surface area contributed by atoms with Gasteiger partial charge in [-0.15, -0.1) is 0 Å². The smallest absolute Gasteiger partial charge is 0.134 e. The van der Waals surface area contributed by atoms with Crippen molar-refractivity contribution in [2.75, 3.05) is 5.73 Å². The fraction of sp³-hybridized carbons (Fsp3) is 0.733. The van der Waals surface area contributed by atoms with E-state index in [4.69, 9.17) is 10.7 Å². The summed E-state index contributed by atoms with van der Waals surface area (Å²) in [6, 6.07) is 0. The maximum Gasteiger partial charge on any atom is 0.134 e. The van der Waals surface area contributed by atoms with Crippen LogP contribution in [0.3, 0.4) is 0 Å². The molecule has 1 aliphatic rings. The van der Waals surface area contributed by atoms with Gasteiger partial charge in [0, 0.05) is 17.2 Å². The first-order chi connectivity index (χ1) is 8.43. The highest BCUT2D eigenvalue weighted by Crippen LogP contribution is 2.41. The van der Waals surface area contributed by atoms with Crippen LogP contribution < -0.4 is 5.73 Å². The molecule has 3 nitrogen and oxygen atoms in total. The zero-order valence-corrected chi connectivity index (χ0v) is 12.1. The van der Waals surface area contributed by atoms with Crippen molar-refractivity contribution >= 4 is 5.82 Å². The van der Waals surface area contributed by atoms with E-state index in [1.807, 2.05) is 6.92 Å². The Morgan fingerprint density at radius 3 is 2.39 bits per heavy atom. The van der Waals surface area contributed by atoms with Crippen LogP contribution in [-0.2, 0) is 6.42 Å². The number of aryl methyl sites for hydroxylation is 1. The Kier molecular flexibility index (Phi) is 3.60. The molecule has 100 valence electrons. The second-order valence-corrected chi connectivity index (χ2v) is 6.33. The van der Waals surface area contributed by atoms with E-state index in [0.29, 0.717) is 17.2 Å². The number of nitrogens with two attached hydrogens (primary N) is 1. The van der Waals surface area contributed by atoms with Gasteiger partial charge in [-0.05, 0) is 44.4 Å². The molecule has 0 bridgehead atoms. The third kappa shape index (κ3) is 2.65. The van der Waals surface area contributed by atoms with E-state index >= 15 is 0 Å². The third-order valence-electron chi connectivity index (χ3n) is 4.34. The highest BCUT2D eigenvalue weighted by molar-refractivity contribution is 5.41. The van der Waals surface area contributed by atoms with E-state index in [1.165, 1.54) is 25.7 Å². The molecular weight excluding hydrogens is 222 g/mol. The zero-order chi connectivity index (χ0) is 13.3. The molecule has 1 fully saturated rings. The SMILES string of the molecule is CCc1nc(C2CCC(C)(C)CC2)nc(N)c1C. The Morgan fingerprint density at radius 2 is 1.83 bits per heavy atom. The maximum absolute atomic E-state index is 6.01. The van der Waals surface area contributed by atoms with E-state index in [9.17, 15) is 0 Å². The van der Waals surface area contributed by atoms with E-state index in [0.717, 1.165) is 23.5 Å². The van der Waals surface area contributed by atoms with Crippen LogP contribution in [0.2, 0.25) is 0 Å². The highest BCUT2D eigenvalue weighted by Gasteiger charge is 2.29. The lowest BCUT2D eigenvalue weighted by Crippen LogP contribution is -2.22. The molecule has 0 atom stereocenters. The molecule has 2 rings (SSSR count). The summed E-state index contributed by atoms with van der Waals surface area (Å²) in [6.07, 6.45) is 5.84. The average molecular weight is 247 g/mol. The van der Waals surface area contributed by atoms with E-state index in [1.54, 1.807) is 0 Å². The molecule has 2 N–H and O–H groups in total. The topological polar surface area (TPSA) is 51.8 Å². The van der Waals surface area contributed by atoms with Gasteiger partial charge in [0.2, 0.25) is 0 Å². The van der Waals surface area contributed by atoms with Crippen molar-refractivity contribution in [3.05, 3.63) is 17.1 Å². The minimum absolute atomic E-state index is 0.486. The van der Waals surface area contributed by atoms with E-state index in [2.05, 4.69) is 25.8 Å². The van der Waals surface area contributed by atoms with Crippen LogP contribution in [0.4, 0.5) is 5.82 Å². The second kappa shape index (κ2) is 4.87. The van der Waals surface area contributed by atoms with Gasteiger partial charge in [-0.2, -0.15) is 0 Å². The molecule has 1 aromatic heterocycles. The van der Waals surface area contributed by atoms with Crippen molar-refractivity contribution in [1.82, 2.24) is 9.97 Å². The Morgan fingerprint density at radius 1 is 1.22 bits per heavy atom. The molecule has 0 radical (unpaired) electrons. The molecule has 0 amide bonds. The van der Waals surface area contributed by atoms with Crippen molar-refractivity contribution < 1.29 is 0 Å². The van der Waals surface area contributed by atoms with Crippen molar-refractivity contribution in [2.24, 2.45) is 5.41 Å². The van der Waals surface area contributed by atoms with Crippen LogP contribution in [0.5, 0.6) is 0 Å². The minimum atomic E-state index is 0.486. The van der Waals surface area contributed by atoms with Crippen molar-refractivity contribution in [3.8, 4) is 0 Å². The van der Waals surface area contributed by atoms with Crippen LogP contribution in [-0.4, -0.2) is 9.97 Å². The fourth-order valence-electron chi connectivity index (χ4n) is 2.79. The van der Waals surface area contributed by atoms with Crippen LogP contribution in [0.1, 0.15) is 69.5 Å². The molecule has 18 heavy (non-hydrogen) atoms. The maximum atomic E-state index is 6.01. The molecule has 1 saturated carbocycles. The molecule has 3 heteroatoms. The lowest BCUT2D eigenvalue weighted by atomic mass is 9.73. The normalized spacial score (nSPS) is 20.0. The van der Waals surface area contributed by atoms with Gasteiger partial charge in [0.15, 0.2) is 0 Å². The highest BCUT2D eigenvalue weighted by atomic mass is 15.0. The van der Waals surface area contributed by atoms with Crippen molar-refractivity contribution in [3.63, 3.8) is 0 Å². The molecule has 0 aliphatic heterocycles. The number of rotatable bonds is 2. The molecule has 1 heterocycles. The second-order valence-electron chi connectivity index (χ2n) is 6.33. The Bertz CT molecular complexity index is 428. The van der Waals surface area contributed by atoms with E-state index in [-0.39, 0.29) is 0 Å². The summed E-state index contributed by atoms with van der Waals surface area (Å²) >= 11 is 0. The van der Waals surface area contributed by atoms with Gasteiger partial charge in [0.1, 0.15) is 11.6 Å². The first-order valence-electron chi connectivity index (χ1n) is 7.06. The molecule has 0 saturated heterocycles. The van der Waals surface area contributed by atoms with Gasteiger partial charge in [-0.1, -0.05) is 20.8 Å². The van der Waals surface area contributed by atoms with Crippen LogP contribution in [0.15, 0.2) is 0 Å². The van der Waals surface area contributed by atoms with Gasteiger partial charge in [0.25, 0.3) is 0 Å². The number of nitrogens with zero attached hydrogens (tertiary/aromatic N) is 2. The van der Waals surface area contributed by atoms with Crippen LogP contribution >= 0.6 is 0 Å². The minimum Gasteiger partial charge on any atom is -0.383 e. The predicted octanol–water partition coefficient (Wildman–Crippen LogP) is 3.61. The first-order valence-corrected chi connectivity index (χ1v) is 7.06. The third-order valence-corrected chi connectivity index (χ3v) is 4.34. The van der Waals surface area contributed by atoms with Gasteiger partial charge >= 0.3 is 0 Å². The van der Waals surface area contributed by atoms with E-state index < -0.39 is 0 Å². The van der Waals surface area contributed by atoms with Gasteiger partial charge < -0.3 is 5.73 Å². The fourth-order valence-corrected chi connectivity index (χ4v) is 2.79. The zero-order valence-electron chi connectivity index (χ0n) is 12.1. The Hall–Kier alpha value is -1.12. The van der Waals surface area contributed by atoms with Gasteiger partial charge in [0.05, 0.1) is 0 Å². The molecule has 0 unspecified atom stereocenters. The molecule has 1 aromatic rings. The average Bonchev–Trinajstić information content (AvgIpc) is 2.32. The van der Waals surface area contributed by atoms with Crippen LogP contribution in [0.25, 0.3) is 0 Å². The summed E-state index contributed by atoms with van der Waals surface area (Å²) in [5.41, 5.74) is 8.66. The summed E-state index contributed by atoms with van der Waals surface area (Å²) in [5, 5.41) is 0. The quantitative estimate of drug-likeness (QED) is 0.868. The molecule has 1 aliphatic carbocycles. The molecule has 0 aromatic carbocycles. The number of anilines is 1.